The molecule has 13 aromatic rings. The molecule has 0 saturated carbocycles. The topological polar surface area (TPSA) is 23.0 Å². The van der Waals surface area contributed by atoms with Gasteiger partial charge in [-0.1, -0.05) is 84.9 Å². The lowest BCUT2D eigenvalue weighted by atomic mass is 9.96. The summed E-state index contributed by atoms with van der Waals surface area (Å²) in [6.07, 6.45) is 0. The van der Waals surface area contributed by atoms with Crippen LogP contribution in [0, 0.1) is 0 Å². The fraction of sp³-hybridized carbons (Fsp3) is 0. The molecule has 0 radical (unpaired) electrons. The van der Waals surface area contributed by atoms with Gasteiger partial charge in [-0.05, 0) is 107 Å². The fourth-order valence-electron chi connectivity index (χ4n) is 9.28. The standard InChI is InChI=1S/C50H28N2OS/c1-4-12-41-35(9-1)38-25-30(18-21-42(38)51(41)33-19-22-46-39(27-33)36-10-2-5-14-45(36)53-46)32-24-31-17-16-29-8-7-13-43-49(29)50(31)44(26-32)52(43)34-20-23-48-40(28-34)37-11-3-6-15-47(37)54-48/h1-28H. The summed E-state index contributed by atoms with van der Waals surface area (Å²) in [6.45, 7) is 0. The number of furan rings is 1. The number of rotatable bonds is 3. The predicted molar refractivity (Wildman–Crippen MR) is 229 cm³/mol. The van der Waals surface area contributed by atoms with Crippen molar-refractivity contribution in [3.63, 3.8) is 0 Å². The quantitative estimate of drug-likeness (QED) is 0.168. The van der Waals surface area contributed by atoms with E-state index in [1.54, 1.807) is 0 Å². The third-order valence-corrected chi connectivity index (χ3v) is 12.8. The van der Waals surface area contributed by atoms with Crippen molar-refractivity contribution in [1.29, 1.82) is 0 Å². The van der Waals surface area contributed by atoms with Crippen molar-refractivity contribution in [2.45, 2.75) is 0 Å². The lowest BCUT2D eigenvalue weighted by Gasteiger charge is -2.11. The minimum Gasteiger partial charge on any atom is -0.456 e. The average molecular weight is 705 g/mol. The van der Waals surface area contributed by atoms with E-state index >= 15 is 0 Å². The number of nitrogens with zero attached hydrogens (tertiary/aromatic N) is 2. The lowest BCUT2D eigenvalue weighted by Crippen LogP contribution is -1.94. The molecule has 4 aromatic heterocycles. The maximum absolute atomic E-state index is 6.19. The van der Waals surface area contributed by atoms with Crippen molar-refractivity contribution in [3.8, 4) is 22.5 Å². The molecule has 0 bridgehead atoms. The minimum absolute atomic E-state index is 0.907. The Bertz CT molecular complexity index is 3690. The molecule has 0 fully saturated rings. The largest absolute Gasteiger partial charge is 0.456 e. The number of hydrogen-bond acceptors (Lipinski definition) is 2. The molecule has 4 heteroatoms. The van der Waals surface area contributed by atoms with Crippen LogP contribution >= 0.6 is 11.3 Å². The second-order valence-electron chi connectivity index (χ2n) is 14.5. The Hall–Kier alpha value is -6.88. The Labute approximate surface area is 312 Å². The molecule has 0 atom stereocenters. The molecule has 3 nitrogen and oxygen atoms in total. The first kappa shape index (κ1) is 28.7. The van der Waals surface area contributed by atoms with Gasteiger partial charge in [-0.15, -0.1) is 11.3 Å². The summed E-state index contributed by atoms with van der Waals surface area (Å²) >= 11 is 1.87. The van der Waals surface area contributed by atoms with Crippen molar-refractivity contribution in [1.82, 2.24) is 9.13 Å². The molecule has 0 aliphatic heterocycles. The third-order valence-electron chi connectivity index (χ3n) is 11.6. The van der Waals surface area contributed by atoms with Crippen LogP contribution < -0.4 is 0 Å². The zero-order valence-electron chi connectivity index (χ0n) is 28.9. The van der Waals surface area contributed by atoms with Crippen LogP contribution in [-0.4, -0.2) is 9.13 Å². The van der Waals surface area contributed by atoms with E-state index in [1.807, 2.05) is 23.5 Å². The molecule has 0 unspecified atom stereocenters. The fourth-order valence-corrected chi connectivity index (χ4v) is 10.4. The molecule has 0 N–H and O–H groups in total. The van der Waals surface area contributed by atoms with Crippen molar-refractivity contribution in [3.05, 3.63) is 170 Å². The maximum Gasteiger partial charge on any atom is 0.135 e. The Morgan fingerprint density at radius 3 is 1.98 bits per heavy atom. The molecule has 0 saturated heterocycles. The monoisotopic (exact) mass is 704 g/mol. The van der Waals surface area contributed by atoms with E-state index in [-0.39, 0.29) is 0 Å². The minimum atomic E-state index is 0.907. The summed E-state index contributed by atoms with van der Waals surface area (Å²) in [5, 5.41) is 12.6. The van der Waals surface area contributed by atoms with Gasteiger partial charge < -0.3 is 13.6 Å². The first-order valence-corrected chi connectivity index (χ1v) is 19.2. The molecule has 0 aliphatic rings. The van der Waals surface area contributed by atoms with Gasteiger partial charge in [0.25, 0.3) is 0 Å². The molecule has 0 aliphatic carbocycles. The Morgan fingerprint density at radius 2 is 1.04 bits per heavy atom. The highest BCUT2D eigenvalue weighted by molar-refractivity contribution is 7.25. The second-order valence-corrected chi connectivity index (χ2v) is 15.6. The lowest BCUT2D eigenvalue weighted by molar-refractivity contribution is 0.669. The molecular formula is C50H28N2OS. The van der Waals surface area contributed by atoms with Crippen LogP contribution in [0.3, 0.4) is 0 Å². The second kappa shape index (κ2) is 10.4. The molecule has 54 heavy (non-hydrogen) atoms. The van der Waals surface area contributed by atoms with Gasteiger partial charge >= 0.3 is 0 Å². The SMILES string of the molecule is c1ccc2c(c1)oc1ccc(-n3c4ccccc4c4cc(-c5cc6ccc7cccc8c7c6c(c5)n8-c5ccc6sc7ccccc7c6c5)ccc43)cc12. The highest BCUT2D eigenvalue weighted by Gasteiger charge is 2.20. The van der Waals surface area contributed by atoms with Crippen molar-refractivity contribution < 1.29 is 4.42 Å². The van der Waals surface area contributed by atoms with Gasteiger partial charge in [-0.2, -0.15) is 0 Å². The van der Waals surface area contributed by atoms with Gasteiger partial charge in [0.05, 0.1) is 22.1 Å². The van der Waals surface area contributed by atoms with Crippen molar-refractivity contribution >= 4 is 108 Å². The highest BCUT2D eigenvalue weighted by atomic mass is 32.1. The number of para-hydroxylation sites is 2. The Balaban J connectivity index is 1.04. The van der Waals surface area contributed by atoms with E-state index in [0.717, 1.165) is 27.6 Å². The maximum atomic E-state index is 6.19. The van der Waals surface area contributed by atoms with Crippen LogP contribution in [-0.2, 0) is 0 Å². The summed E-state index contributed by atoms with van der Waals surface area (Å²) in [7, 11) is 0. The van der Waals surface area contributed by atoms with Crippen molar-refractivity contribution in [2.75, 3.05) is 0 Å². The molecule has 250 valence electrons. The number of benzene rings is 9. The van der Waals surface area contributed by atoms with Gasteiger partial charge in [0, 0.05) is 63.9 Å². The van der Waals surface area contributed by atoms with E-state index in [9.17, 15) is 0 Å². The molecule has 4 heterocycles. The first-order chi connectivity index (χ1) is 26.7. The Morgan fingerprint density at radius 1 is 0.352 bits per heavy atom. The molecule has 0 spiro atoms. The first-order valence-electron chi connectivity index (χ1n) is 18.4. The van der Waals surface area contributed by atoms with Crippen LogP contribution in [0.2, 0.25) is 0 Å². The zero-order valence-corrected chi connectivity index (χ0v) is 29.7. The van der Waals surface area contributed by atoms with Crippen molar-refractivity contribution in [2.24, 2.45) is 0 Å². The summed E-state index contributed by atoms with van der Waals surface area (Å²) in [4.78, 5) is 0. The summed E-state index contributed by atoms with van der Waals surface area (Å²) < 4.78 is 13.7. The highest BCUT2D eigenvalue weighted by Crippen LogP contribution is 2.44. The normalized spacial score (nSPS) is 12.4. The summed E-state index contributed by atoms with van der Waals surface area (Å²) in [6, 6.07) is 62.5. The summed E-state index contributed by atoms with van der Waals surface area (Å²) in [5.74, 6) is 0. The van der Waals surface area contributed by atoms with Gasteiger partial charge in [0.15, 0.2) is 0 Å². The molecule has 13 rings (SSSR count). The van der Waals surface area contributed by atoms with Gasteiger partial charge in [0.1, 0.15) is 11.2 Å². The summed E-state index contributed by atoms with van der Waals surface area (Å²) in [5.41, 5.74) is 11.4. The van der Waals surface area contributed by atoms with Gasteiger partial charge in [0.2, 0.25) is 0 Å². The number of fused-ring (bicyclic) bond motifs is 9. The molecule has 0 amide bonds. The number of thiophene rings is 1. The smallest absolute Gasteiger partial charge is 0.135 e. The van der Waals surface area contributed by atoms with E-state index in [1.165, 1.54) is 91.4 Å². The third kappa shape index (κ3) is 3.80. The van der Waals surface area contributed by atoms with E-state index in [0.29, 0.717) is 0 Å². The zero-order chi connectivity index (χ0) is 35.1. The van der Waals surface area contributed by atoms with Gasteiger partial charge in [-0.3, -0.25) is 0 Å². The van der Waals surface area contributed by atoms with Crippen LogP contribution in [0.25, 0.3) is 119 Å². The number of aromatic nitrogens is 2. The van der Waals surface area contributed by atoms with E-state index in [4.69, 9.17) is 4.42 Å². The number of hydrogen-bond donors (Lipinski definition) is 0. The van der Waals surface area contributed by atoms with Gasteiger partial charge in [-0.25, -0.2) is 0 Å². The van der Waals surface area contributed by atoms with E-state index in [2.05, 4.69) is 167 Å². The molecular weight excluding hydrogens is 677 g/mol. The van der Waals surface area contributed by atoms with Crippen LogP contribution in [0.5, 0.6) is 0 Å². The van der Waals surface area contributed by atoms with Crippen LogP contribution in [0.4, 0.5) is 0 Å². The van der Waals surface area contributed by atoms with E-state index < -0.39 is 0 Å². The van der Waals surface area contributed by atoms with Crippen LogP contribution in [0.1, 0.15) is 0 Å². The van der Waals surface area contributed by atoms with Crippen LogP contribution in [0.15, 0.2) is 174 Å². The molecule has 9 aromatic carbocycles. The Kier molecular flexibility index (Phi) is 5.51. The average Bonchev–Trinajstić information content (AvgIpc) is 3.97. The predicted octanol–water partition coefficient (Wildman–Crippen LogP) is 14.4.